The number of hydrogen-bond donors (Lipinski definition) is 1. The summed E-state index contributed by atoms with van der Waals surface area (Å²) in [4.78, 5) is 0. The van der Waals surface area contributed by atoms with Crippen molar-refractivity contribution < 1.29 is 5.11 Å². The Bertz CT molecular complexity index is 320. The second-order valence-corrected chi connectivity index (χ2v) is 5.23. The van der Waals surface area contributed by atoms with Gasteiger partial charge in [0, 0.05) is 5.02 Å². The number of halogens is 1. The summed E-state index contributed by atoms with van der Waals surface area (Å²) >= 11 is 5.86. The van der Waals surface area contributed by atoms with Gasteiger partial charge >= 0.3 is 0 Å². The second-order valence-electron chi connectivity index (χ2n) is 4.80. The van der Waals surface area contributed by atoms with E-state index in [1.165, 1.54) is 24.8 Å². The molecule has 1 N–H and O–H groups in total. The van der Waals surface area contributed by atoms with Crippen LogP contribution in [0.5, 0.6) is 0 Å². The van der Waals surface area contributed by atoms with Crippen LogP contribution in [0.4, 0.5) is 0 Å². The molecule has 0 bridgehead atoms. The van der Waals surface area contributed by atoms with Crippen molar-refractivity contribution in [1.82, 2.24) is 0 Å². The van der Waals surface area contributed by atoms with E-state index in [1.807, 2.05) is 12.1 Å². The summed E-state index contributed by atoms with van der Waals surface area (Å²) in [6.07, 6.45) is 6.71. The van der Waals surface area contributed by atoms with E-state index >= 15 is 0 Å². The van der Waals surface area contributed by atoms with Crippen LogP contribution in [0.2, 0.25) is 5.02 Å². The third-order valence-corrected chi connectivity index (χ3v) is 3.78. The van der Waals surface area contributed by atoms with E-state index in [2.05, 4.69) is 12.1 Å². The highest BCUT2D eigenvalue weighted by atomic mass is 35.5. The molecule has 1 saturated carbocycles. The summed E-state index contributed by atoms with van der Waals surface area (Å²) in [6, 6.07) is 8.00. The van der Waals surface area contributed by atoms with Crippen LogP contribution in [0.25, 0.3) is 0 Å². The number of aliphatic hydroxyl groups is 1. The zero-order valence-electron chi connectivity index (χ0n) is 9.53. The fourth-order valence-corrected chi connectivity index (χ4v) is 2.65. The molecule has 1 aliphatic rings. The van der Waals surface area contributed by atoms with Crippen molar-refractivity contribution >= 4 is 11.6 Å². The Balaban J connectivity index is 1.99. The van der Waals surface area contributed by atoms with E-state index in [-0.39, 0.29) is 6.10 Å². The lowest BCUT2D eigenvalue weighted by molar-refractivity contribution is 0.101. The minimum absolute atomic E-state index is 0.113. The van der Waals surface area contributed by atoms with E-state index in [1.54, 1.807) is 0 Å². The molecule has 0 heterocycles. The molecule has 0 radical (unpaired) electrons. The summed E-state index contributed by atoms with van der Waals surface area (Å²) < 4.78 is 0. The van der Waals surface area contributed by atoms with Crippen molar-refractivity contribution in [2.24, 2.45) is 5.92 Å². The Hall–Kier alpha value is -0.530. The van der Waals surface area contributed by atoms with Gasteiger partial charge in [0.25, 0.3) is 0 Å². The van der Waals surface area contributed by atoms with Crippen LogP contribution in [0.1, 0.15) is 37.7 Å². The number of rotatable bonds is 2. The smallest absolute Gasteiger partial charge is 0.0571 e. The van der Waals surface area contributed by atoms with Crippen molar-refractivity contribution in [2.75, 3.05) is 0 Å². The normalized spacial score (nSPS) is 26.4. The van der Waals surface area contributed by atoms with Crippen molar-refractivity contribution in [3.8, 4) is 0 Å². The monoisotopic (exact) mass is 238 g/mol. The molecule has 0 amide bonds. The maximum absolute atomic E-state index is 10.0. The standard InChI is InChI=1S/C14H19ClO/c15-13-8-6-11(7-9-13)10-12-4-2-1-3-5-14(12)16/h6-9,12,14,16H,1-5,10H2. The molecule has 1 nitrogen and oxygen atoms in total. The highest BCUT2D eigenvalue weighted by Crippen LogP contribution is 2.26. The van der Waals surface area contributed by atoms with Gasteiger partial charge in [0.05, 0.1) is 6.10 Å². The molecule has 88 valence electrons. The molecule has 2 unspecified atom stereocenters. The van der Waals surface area contributed by atoms with Gasteiger partial charge in [-0.3, -0.25) is 0 Å². The van der Waals surface area contributed by atoms with Gasteiger partial charge in [0.1, 0.15) is 0 Å². The minimum Gasteiger partial charge on any atom is -0.393 e. The predicted octanol–water partition coefficient (Wildman–Crippen LogP) is 3.82. The van der Waals surface area contributed by atoms with E-state index < -0.39 is 0 Å². The van der Waals surface area contributed by atoms with E-state index in [4.69, 9.17) is 11.6 Å². The molecule has 16 heavy (non-hydrogen) atoms. The molecule has 1 fully saturated rings. The van der Waals surface area contributed by atoms with Gasteiger partial charge in [0.2, 0.25) is 0 Å². The van der Waals surface area contributed by atoms with Crippen LogP contribution in [0, 0.1) is 5.92 Å². The zero-order valence-corrected chi connectivity index (χ0v) is 10.3. The van der Waals surface area contributed by atoms with E-state index in [9.17, 15) is 5.11 Å². The Morgan fingerprint density at radius 1 is 1.06 bits per heavy atom. The van der Waals surface area contributed by atoms with Gasteiger partial charge in [-0.2, -0.15) is 0 Å². The average molecular weight is 239 g/mol. The first-order valence-corrected chi connectivity index (χ1v) is 6.56. The van der Waals surface area contributed by atoms with Gasteiger partial charge in [-0.15, -0.1) is 0 Å². The molecule has 0 aromatic heterocycles. The summed E-state index contributed by atoms with van der Waals surface area (Å²) in [7, 11) is 0. The van der Waals surface area contributed by atoms with E-state index in [0.717, 1.165) is 24.3 Å². The summed E-state index contributed by atoms with van der Waals surface area (Å²) in [5.41, 5.74) is 1.29. The average Bonchev–Trinajstić information content (AvgIpc) is 2.48. The Morgan fingerprint density at radius 3 is 2.50 bits per heavy atom. The number of aliphatic hydroxyl groups excluding tert-OH is 1. The fourth-order valence-electron chi connectivity index (χ4n) is 2.53. The molecule has 2 atom stereocenters. The van der Waals surface area contributed by atoms with Crippen molar-refractivity contribution in [3.05, 3.63) is 34.9 Å². The molecule has 1 aliphatic carbocycles. The van der Waals surface area contributed by atoms with Crippen LogP contribution in [-0.4, -0.2) is 11.2 Å². The molecule has 1 aromatic rings. The van der Waals surface area contributed by atoms with Gasteiger partial charge in [-0.1, -0.05) is 43.0 Å². The fraction of sp³-hybridized carbons (Fsp3) is 0.571. The minimum atomic E-state index is -0.113. The summed E-state index contributed by atoms with van der Waals surface area (Å²) in [6.45, 7) is 0. The van der Waals surface area contributed by atoms with Crippen molar-refractivity contribution in [2.45, 2.75) is 44.6 Å². The number of benzene rings is 1. The number of hydrogen-bond acceptors (Lipinski definition) is 1. The molecule has 0 saturated heterocycles. The summed E-state index contributed by atoms with van der Waals surface area (Å²) in [5.74, 6) is 0.434. The maximum Gasteiger partial charge on any atom is 0.0571 e. The molecule has 2 heteroatoms. The second kappa shape index (κ2) is 5.70. The van der Waals surface area contributed by atoms with Gasteiger partial charge in [-0.05, 0) is 42.9 Å². The van der Waals surface area contributed by atoms with Crippen molar-refractivity contribution in [3.63, 3.8) is 0 Å². The molecular weight excluding hydrogens is 220 g/mol. The first-order valence-electron chi connectivity index (χ1n) is 6.18. The lowest BCUT2D eigenvalue weighted by Crippen LogP contribution is -2.20. The zero-order chi connectivity index (χ0) is 11.4. The predicted molar refractivity (Wildman–Crippen MR) is 67.7 cm³/mol. The van der Waals surface area contributed by atoms with E-state index in [0.29, 0.717) is 5.92 Å². The molecule has 2 rings (SSSR count). The lowest BCUT2D eigenvalue weighted by atomic mass is 9.90. The topological polar surface area (TPSA) is 20.2 Å². The first-order chi connectivity index (χ1) is 7.75. The molecule has 0 spiro atoms. The highest BCUT2D eigenvalue weighted by molar-refractivity contribution is 6.30. The van der Waals surface area contributed by atoms with Crippen LogP contribution < -0.4 is 0 Å². The van der Waals surface area contributed by atoms with Gasteiger partial charge in [0.15, 0.2) is 0 Å². The molecule has 0 aliphatic heterocycles. The van der Waals surface area contributed by atoms with Crippen LogP contribution in [-0.2, 0) is 6.42 Å². The van der Waals surface area contributed by atoms with Crippen LogP contribution in [0.15, 0.2) is 24.3 Å². The van der Waals surface area contributed by atoms with Crippen LogP contribution >= 0.6 is 11.6 Å². The van der Waals surface area contributed by atoms with Gasteiger partial charge in [-0.25, -0.2) is 0 Å². The van der Waals surface area contributed by atoms with Crippen molar-refractivity contribution in [1.29, 1.82) is 0 Å². The third-order valence-electron chi connectivity index (χ3n) is 3.53. The Kier molecular flexibility index (Phi) is 4.25. The first kappa shape index (κ1) is 11.9. The largest absolute Gasteiger partial charge is 0.393 e. The molecule has 1 aromatic carbocycles. The quantitative estimate of drug-likeness (QED) is 0.777. The Labute approximate surface area is 102 Å². The third kappa shape index (κ3) is 3.23. The molecular formula is C14H19ClO. The maximum atomic E-state index is 10.0. The Morgan fingerprint density at radius 2 is 1.75 bits per heavy atom. The lowest BCUT2D eigenvalue weighted by Gasteiger charge is -2.20. The highest BCUT2D eigenvalue weighted by Gasteiger charge is 2.21. The summed E-state index contributed by atoms with van der Waals surface area (Å²) in [5, 5.41) is 10.8. The van der Waals surface area contributed by atoms with Crippen LogP contribution in [0.3, 0.4) is 0 Å². The SMILES string of the molecule is OC1CCCCCC1Cc1ccc(Cl)cc1. The van der Waals surface area contributed by atoms with Gasteiger partial charge < -0.3 is 5.11 Å².